The average Bonchev–Trinajstić information content (AvgIpc) is 3.32. The van der Waals surface area contributed by atoms with E-state index >= 15 is 0 Å². The molecular weight excluding hydrogens is 366 g/mol. The van der Waals surface area contributed by atoms with E-state index in [1.54, 1.807) is 30.5 Å². The highest BCUT2D eigenvalue weighted by Gasteiger charge is 2.20. The number of fused-ring (bicyclic) bond motifs is 1. The minimum absolute atomic E-state index is 0.146. The summed E-state index contributed by atoms with van der Waals surface area (Å²) in [4.78, 5) is 4.09. The Morgan fingerprint density at radius 2 is 2.08 bits per heavy atom. The third-order valence-corrected chi connectivity index (χ3v) is 6.37. The lowest BCUT2D eigenvalue weighted by Crippen LogP contribution is -2.22. The number of nitrogens with zero attached hydrogens (tertiary/aromatic N) is 2. The maximum atomic E-state index is 12.5. The van der Waals surface area contributed by atoms with Crippen LogP contribution in [0.5, 0.6) is 11.5 Å². The number of nitrogens with one attached hydrogen (secondary N) is 1. The predicted octanol–water partition coefficient (Wildman–Crippen LogP) is 2.31. The van der Waals surface area contributed by atoms with Crippen LogP contribution >= 0.6 is 11.3 Å². The maximum Gasteiger partial charge on any atom is 0.250 e. The molecule has 130 valence electrons. The van der Waals surface area contributed by atoms with E-state index in [4.69, 9.17) is 14.0 Å². The summed E-state index contributed by atoms with van der Waals surface area (Å²) in [6, 6.07) is 6.83. The van der Waals surface area contributed by atoms with Crippen molar-refractivity contribution in [1.29, 1.82) is 0 Å². The molecule has 1 aliphatic heterocycles. The van der Waals surface area contributed by atoms with Crippen LogP contribution in [0.15, 0.2) is 38.4 Å². The Balaban J connectivity index is 1.49. The zero-order valence-corrected chi connectivity index (χ0v) is 14.7. The number of thiophene rings is 1. The van der Waals surface area contributed by atoms with Gasteiger partial charge in [-0.05, 0) is 23.8 Å². The van der Waals surface area contributed by atoms with Gasteiger partial charge in [0.05, 0.1) is 0 Å². The second-order valence-electron chi connectivity index (χ2n) is 5.30. The van der Waals surface area contributed by atoms with Crippen molar-refractivity contribution in [2.75, 3.05) is 6.79 Å². The third kappa shape index (κ3) is 3.23. The normalized spacial score (nSPS) is 13.3. The highest BCUT2D eigenvalue weighted by atomic mass is 32.2. The van der Waals surface area contributed by atoms with Crippen LogP contribution in [-0.4, -0.2) is 25.4 Å². The van der Waals surface area contributed by atoms with Gasteiger partial charge in [0.25, 0.3) is 0 Å². The fraction of sp³-hybridized carbons (Fsp3) is 0.200. The summed E-state index contributed by atoms with van der Waals surface area (Å²) >= 11 is 1.10. The zero-order valence-electron chi connectivity index (χ0n) is 13.1. The quantitative estimate of drug-likeness (QED) is 0.725. The lowest BCUT2D eigenvalue weighted by atomic mass is 10.2. The fourth-order valence-corrected chi connectivity index (χ4v) is 4.51. The third-order valence-electron chi connectivity index (χ3n) is 3.53. The van der Waals surface area contributed by atoms with Gasteiger partial charge in [0.15, 0.2) is 11.5 Å². The van der Waals surface area contributed by atoms with E-state index in [-0.39, 0.29) is 17.5 Å². The van der Waals surface area contributed by atoms with Gasteiger partial charge in [0, 0.05) is 24.4 Å². The lowest BCUT2D eigenvalue weighted by Gasteiger charge is -2.05. The van der Waals surface area contributed by atoms with Crippen molar-refractivity contribution < 1.29 is 22.4 Å². The molecule has 1 aromatic carbocycles. The van der Waals surface area contributed by atoms with Crippen molar-refractivity contribution in [2.45, 2.75) is 17.7 Å². The summed E-state index contributed by atoms with van der Waals surface area (Å²) in [7, 11) is -3.64. The Kier molecular flexibility index (Phi) is 3.94. The molecule has 0 saturated heterocycles. The molecule has 1 aliphatic rings. The Labute approximate surface area is 147 Å². The van der Waals surface area contributed by atoms with Gasteiger partial charge in [-0.25, -0.2) is 13.1 Å². The van der Waals surface area contributed by atoms with Gasteiger partial charge in [-0.3, -0.25) is 0 Å². The van der Waals surface area contributed by atoms with Gasteiger partial charge < -0.3 is 14.0 Å². The molecule has 10 heteroatoms. The van der Waals surface area contributed by atoms with Crippen molar-refractivity contribution in [3.05, 3.63) is 41.1 Å². The largest absolute Gasteiger partial charge is 0.454 e. The summed E-state index contributed by atoms with van der Waals surface area (Å²) < 4.78 is 43.1. The van der Waals surface area contributed by atoms with E-state index in [9.17, 15) is 8.42 Å². The fourth-order valence-electron chi connectivity index (χ4n) is 2.29. The Hall–Kier alpha value is -2.43. The highest BCUT2D eigenvalue weighted by molar-refractivity contribution is 7.91. The van der Waals surface area contributed by atoms with Crippen LogP contribution in [0.1, 0.15) is 11.5 Å². The van der Waals surface area contributed by atoms with Crippen LogP contribution in [0.3, 0.4) is 0 Å². The van der Waals surface area contributed by atoms with Crippen molar-refractivity contribution in [1.82, 2.24) is 14.9 Å². The summed E-state index contributed by atoms with van der Waals surface area (Å²) in [6.07, 6.45) is 0. The molecule has 0 aliphatic carbocycles. The number of rotatable bonds is 5. The van der Waals surface area contributed by atoms with Gasteiger partial charge in [-0.15, -0.1) is 11.3 Å². The molecule has 25 heavy (non-hydrogen) atoms. The predicted molar refractivity (Wildman–Crippen MR) is 88.9 cm³/mol. The van der Waals surface area contributed by atoms with Crippen LogP contribution in [-0.2, 0) is 16.6 Å². The number of aryl methyl sites for hydroxylation is 1. The van der Waals surface area contributed by atoms with E-state index in [0.29, 0.717) is 28.8 Å². The molecule has 0 bridgehead atoms. The molecule has 0 radical (unpaired) electrons. The number of benzene rings is 1. The molecule has 3 heterocycles. The van der Waals surface area contributed by atoms with E-state index in [1.165, 1.54) is 6.07 Å². The average molecular weight is 379 g/mol. The van der Waals surface area contributed by atoms with E-state index in [1.807, 2.05) is 0 Å². The minimum Gasteiger partial charge on any atom is -0.454 e. The number of ether oxygens (including phenoxy) is 2. The molecule has 0 spiro atoms. The van der Waals surface area contributed by atoms with Crippen molar-refractivity contribution >= 4 is 21.4 Å². The maximum absolute atomic E-state index is 12.5. The van der Waals surface area contributed by atoms with Crippen LogP contribution < -0.4 is 14.2 Å². The molecule has 0 fully saturated rings. The minimum atomic E-state index is -3.64. The Bertz CT molecular complexity index is 1030. The molecule has 0 atom stereocenters. The molecule has 3 aromatic rings. The van der Waals surface area contributed by atoms with Crippen molar-refractivity contribution in [3.63, 3.8) is 0 Å². The van der Waals surface area contributed by atoms with Crippen LogP contribution in [0.4, 0.5) is 0 Å². The van der Waals surface area contributed by atoms with Gasteiger partial charge in [0.1, 0.15) is 4.21 Å². The summed E-state index contributed by atoms with van der Waals surface area (Å²) in [5, 5.41) is 5.47. The second-order valence-corrected chi connectivity index (χ2v) is 8.21. The van der Waals surface area contributed by atoms with Gasteiger partial charge in [0.2, 0.25) is 28.5 Å². The lowest BCUT2D eigenvalue weighted by molar-refractivity contribution is 0.174. The van der Waals surface area contributed by atoms with E-state index in [0.717, 1.165) is 16.9 Å². The molecule has 2 aromatic heterocycles. The first kappa shape index (κ1) is 16.1. The second kappa shape index (κ2) is 6.14. The molecule has 8 nitrogen and oxygen atoms in total. The number of hydrogen-bond acceptors (Lipinski definition) is 8. The summed E-state index contributed by atoms with van der Waals surface area (Å²) in [5.74, 6) is 2.06. The van der Waals surface area contributed by atoms with Crippen molar-refractivity contribution in [2.24, 2.45) is 0 Å². The van der Waals surface area contributed by atoms with E-state index < -0.39 is 10.0 Å². The molecule has 0 amide bonds. The molecule has 4 rings (SSSR count). The monoisotopic (exact) mass is 379 g/mol. The van der Waals surface area contributed by atoms with Crippen molar-refractivity contribution in [3.8, 4) is 22.9 Å². The first-order valence-electron chi connectivity index (χ1n) is 7.29. The van der Waals surface area contributed by atoms with Crippen LogP contribution in [0.25, 0.3) is 11.4 Å². The summed E-state index contributed by atoms with van der Waals surface area (Å²) in [5.41, 5.74) is 1.38. The number of hydrogen-bond donors (Lipinski definition) is 1. The van der Waals surface area contributed by atoms with Gasteiger partial charge in [-0.2, -0.15) is 4.98 Å². The first-order chi connectivity index (χ1) is 12.0. The smallest absolute Gasteiger partial charge is 0.250 e. The summed E-state index contributed by atoms with van der Waals surface area (Å²) in [6.45, 7) is 2.00. The van der Waals surface area contributed by atoms with Gasteiger partial charge in [-0.1, -0.05) is 11.2 Å². The highest BCUT2D eigenvalue weighted by Crippen LogP contribution is 2.32. The topological polar surface area (TPSA) is 104 Å². The standard InChI is InChI=1S/C15H13N3O5S2/c1-9-17-15(18-23-9)11-5-14(24-7-11)25(19,20)16-6-10-2-3-12-13(4-10)22-8-21-12/h2-5,7,16H,6,8H2,1H3. The first-order valence-corrected chi connectivity index (χ1v) is 9.65. The Morgan fingerprint density at radius 3 is 2.88 bits per heavy atom. The number of sulfonamides is 1. The Morgan fingerprint density at radius 1 is 1.24 bits per heavy atom. The van der Waals surface area contributed by atoms with Crippen LogP contribution in [0.2, 0.25) is 0 Å². The molecule has 0 saturated carbocycles. The zero-order chi connectivity index (χ0) is 17.4. The van der Waals surface area contributed by atoms with Gasteiger partial charge >= 0.3 is 0 Å². The molecular formula is C15H13N3O5S2. The SMILES string of the molecule is Cc1nc(-c2csc(S(=O)(=O)NCc3ccc4c(c3)OCO4)c2)no1. The van der Waals surface area contributed by atoms with E-state index in [2.05, 4.69) is 14.9 Å². The molecule has 0 unspecified atom stereocenters. The number of aromatic nitrogens is 2. The van der Waals surface area contributed by atoms with Crippen LogP contribution in [0, 0.1) is 6.92 Å². The molecule has 1 N–H and O–H groups in total.